The quantitative estimate of drug-likeness (QED) is 0.886. The lowest BCUT2D eigenvalue weighted by Gasteiger charge is -2.16. The molecule has 0 fully saturated rings. The summed E-state index contributed by atoms with van der Waals surface area (Å²) in [5.41, 5.74) is 1.17. The maximum Gasteiger partial charge on any atom is 0.143 e. The van der Waals surface area contributed by atoms with E-state index in [4.69, 9.17) is 4.74 Å². The van der Waals surface area contributed by atoms with Crippen LogP contribution in [-0.2, 0) is 4.79 Å². The highest BCUT2D eigenvalue weighted by Gasteiger charge is 2.23. The maximum absolute atomic E-state index is 12.0. The normalized spacial score (nSPS) is 12.2. The smallest absolute Gasteiger partial charge is 0.143 e. The molecule has 1 unspecified atom stereocenters. The van der Waals surface area contributed by atoms with Crippen LogP contribution in [0.15, 0.2) is 42.6 Å². The van der Waals surface area contributed by atoms with Crippen LogP contribution in [0, 0.1) is 5.92 Å². The molecule has 0 aliphatic rings. The standard InChI is InChI=1S/C18H21NO3/c1-12(2)11-22-14-7-8-15(17(21)10-14)18(13(3)20)16-6-4-5-9-19-16/h4-10,12,18,21H,11H2,1-3H3. The molecule has 2 aromatic rings. The number of hydrogen-bond acceptors (Lipinski definition) is 4. The number of Topliss-reactive ketones (excluding diaryl/α,β-unsaturated/α-hetero) is 1. The van der Waals surface area contributed by atoms with Crippen molar-refractivity contribution in [3.05, 3.63) is 53.9 Å². The molecule has 2 rings (SSSR count). The highest BCUT2D eigenvalue weighted by atomic mass is 16.5. The number of pyridine rings is 1. The molecule has 0 aliphatic carbocycles. The van der Waals surface area contributed by atoms with Gasteiger partial charge in [-0.2, -0.15) is 0 Å². The summed E-state index contributed by atoms with van der Waals surface area (Å²) in [6, 6.07) is 10.5. The number of aromatic hydroxyl groups is 1. The van der Waals surface area contributed by atoms with Gasteiger partial charge in [0.1, 0.15) is 17.3 Å². The molecule has 4 nitrogen and oxygen atoms in total. The first-order valence-corrected chi connectivity index (χ1v) is 7.36. The fraction of sp³-hybridized carbons (Fsp3) is 0.333. The lowest BCUT2D eigenvalue weighted by atomic mass is 9.91. The van der Waals surface area contributed by atoms with Crippen molar-refractivity contribution in [3.8, 4) is 11.5 Å². The number of aromatic nitrogens is 1. The van der Waals surface area contributed by atoms with Gasteiger partial charge in [-0.25, -0.2) is 0 Å². The van der Waals surface area contributed by atoms with E-state index in [2.05, 4.69) is 18.8 Å². The van der Waals surface area contributed by atoms with Crippen LogP contribution in [0.1, 0.15) is 37.9 Å². The zero-order chi connectivity index (χ0) is 16.1. The molecule has 116 valence electrons. The van der Waals surface area contributed by atoms with Crippen LogP contribution < -0.4 is 4.74 Å². The fourth-order valence-electron chi connectivity index (χ4n) is 2.25. The first-order valence-electron chi connectivity index (χ1n) is 7.36. The number of carbonyl (C=O) groups excluding carboxylic acids is 1. The van der Waals surface area contributed by atoms with E-state index in [1.54, 1.807) is 36.5 Å². The summed E-state index contributed by atoms with van der Waals surface area (Å²) in [4.78, 5) is 16.3. The number of ketones is 1. The SMILES string of the molecule is CC(=O)C(c1ccccn1)c1ccc(OCC(C)C)cc1O. The van der Waals surface area contributed by atoms with Gasteiger partial charge in [0.25, 0.3) is 0 Å². The molecule has 0 amide bonds. The van der Waals surface area contributed by atoms with Crippen LogP contribution in [-0.4, -0.2) is 22.5 Å². The molecule has 0 radical (unpaired) electrons. The molecular formula is C18H21NO3. The van der Waals surface area contributed by atoms with Crippen LogP contribution in [0.3, 0.4) is 0 Å². The Morgan fingerprint density at radius 1 is 1.27 bits per heavy atom. The average molecular weight is 299 g/mol. The Morgan fingerprint density at radius 3 is 2.59 bits per heavy atom. The highest BCUT2D eigenvalue weighted by molar-refractivity contribution is 5.87. The summed E-state index contributed by atoms with van der Waals surface area (Å²) < 4.78 is 5.59. The summed E-state index contributed by atoms with van der Waals surface area (Å²) in [6.07, 6.45) is 1.64. The van der Waals surface area contributed by atoms with Crippen molar-refractivity contribution in [1.29, 1.82) is 0 Å². The number of nitrogens with zero attached hydrogens (tertiary/aromatic N) is 1. The Balaban J connectivity index is 2.31. The van der Waals surface area contributed by atoms with E-state index in [1.165, 1.54) is 6.92 Å². The third-order valence-electron chi connectivity index (χ3n) is 3.29. The Bertz CT molecular complexity index is 638. The van der Waals surface area contributed by atoms with Crippen LogP contribution in [0.4, 0.5) is 0 Å². The summed E-state index contributed by atoms with van der Waals surface area (Å²) in [5.74, 6) is 0.413. The van der Waals surface area contributed by atoms with Crippen molar-refractivity contribution in [2.75, 3.05) is 6.61 Å². The third kappa shape index (κ3) is 3.85. The topological polar surface area (TPSA) is 59.4 Å². The highest BCUT2D eigenvalue weighted by Crippen LogP contribution is 2.33. The fourth-order valence-corrected chi connectivity index (χ4v) is 2.25. The van der Waals surface area contributed by atoms with Gasteiger partial charge in [-0.3, -0.25) is 9.78 Å². The van der Waals surface area contributed by atoms with E-state index >= 15 is 0 Å². The first kappa shape index (κ1) is 16.0. The molecule has 1 N–H and O–H groups in total. The second-order valence-electron chi connectivity index (χ2n) is 5.72. The van der Waals surface area contributed by atoms with Crippen molar-refractivity contribution in [3.63, 3.8) is 0 Å². The zero-order valence-corrected chi connectivity index (χ0v) is 13.1. The van der Waals surface area contributed by atoms with Gasteiger partial charge >= 0.3 is 0 Å². The maximum atomic E-state index is 12.0. The molecule has 1 heterocycles. The minimum absolute atomic E-state index is 0.0482. The summed E-state index contributed by atoms with van der Waals surface area (Å²) in [6.45, 7) is 6.19. The summed E-state index contributed by atoms with van der Waals surface area (Å²) >= 11 is 0. The molecule has 22 heavy (non-hydrogen) atoms. The van der Waals surface area contributed by atoms with Gasteiger partial charge < -0.3 is 9.84 Å². The van der Waals surface area contributed by atoms with Gasteiger partial charge in [0, 0.05) is 17.8 Å². The Morgan fingerprint density at radius 2 is 2.05 bits per heavy atom. The second-order valence-corrected chi connectivity index (χ2v) is 5.72. The van der Waals surface area contributed by atoms with Crippen molar-refractivity contribution >= 4 is 5.78 Å². The van der Waals surface area contributed by atoms with Gasteiger partial charge in [-0.15, -0.1) is 0 Å². The first-order chi connectivity index (χ1) is 10.5. The van der Waals surface area contributed by atoms with E-state index in [0.717, 1.165) is 0 Å². The molecule has 1 aromatic heterocycles. The molecule has 0 bridgehead atoms. The number of phenols is 1. The van der Waals surface area contributed by atoms with E-state index in [1.807, 2.05) is 6.07 Å². The minimum Gasteiger partial charge on any atom is -0.507 e. The zero-order valence-electron chi connectivity index (χ0n) is 13.1. The van der Waals surface area contributed by atoms with E-state index in [9.17, 15) is 9.90 Å². The van der Waals surface area contributed by atoms with E-state index < -0.39 is 5.92 Å². The predicted molar refractivity (Wildman–Crippen MR) is 85.2 cm³/mol. The molecule has 0 spiro atoms. The van der Waals surface area contributed by atoms with Gasteiger partial charge in [0.05, 0.1) is 18.2 Å². The Labute approximate surface area is 130 Å². The van der Waals surface area contributed by atoms with Crippen LogP contribution in [0.5, 0.6) is 11.5 Å². The van der Waals surface area contributed by atoms with Crippen molar-refractivity contribution in [1.82, 2.24) is 4.98 Å². The number of benzene rings is 1. The minimum atomic E-state index is -0.569. The van der Waals surface area contributed by atoms with Gasteiger partial charge in [0.2, 0.25) is 0 Å². The number of phenolic OH excluding ortho intramolecular Hbond substituents is 1. The molecule has 1 aromatic carbocycles. The molecule has 0 saturated carbocycles. The van der Waals surface area contributed by atoms with Crippen molar-refractivity contribution < 1.29 is 14.6 Å². The summed E-state index contributed by atoms with van der Waals surface area (Å²) in [5, 5.41) is 10.3. The van der Waals surface area contributed by atoms with Crippen molar-refractivity contribution in [2.24, 2.45) is 5.92 Å². The predicted octanol–water partition coefficient (Wildman–Crippen LogP) is 3.54. The van der Waals surface area contributed by atoms with Crippen LogP contribution in [0.25, 0.3) is 0 Å². The molecule has 0 saturated heterocycles. The van der Waals surface area contributed by atoms with E-state index in [0.29, 0.717) is 29.5 Å². The lowest BCUT2D eigenvalue weighted by Crippen LogP contribution is -2.12. The summed E-state index contributed by atoms with van der Waals surface area (Å²) in [7, 11) is 0. The Kier molecular flexibility index (Phi) is 5.15. The van der Waals surface area contributed by atoms with E-state index in [-0.39, 0.29) is 11.5 Å². The number of hydrogen-bond donors (Lipinski definition) is 1. The van der Waals surface area contributed by atoms with Gasteiger partial charge in [-0.1, -0.05) is 26.0 Å². The monoisotopic (exact) mass is 299 g/mol. The lowest BCUT2D eigenvalue weighted by molar-refractivity contribution is -0.117. The molecule has 4 heteroatoms. The third-order valence-corrected chi connectivity index (χ3v) is 3.29. The molecule has 1 atom stereocenters. The number of rotatable bonds is 6. The van der Waals surface area contributed by atoms with Gasteiger partial charge in [-0.05, 0) is 31.0 Å². The number of ether oxygens (including phenoxy) is 1. The average Bonchev–Trinajstić information content (AvgIpc) is 2.48. The molecular weight excluding hydrogens is 278 g/mol. The molecule has 0 aliphatic heterocycles. The second kappa shape index (κ2) is 7.07. The van der Waals surface area contributed by atoms with Gasteiger partial charge in [0.15, 0.2) is 0 Å². The van der Waals surface area contributed by atoms with Crippen molar-refractivity contribution in [2.45, 2.75) is 26.7 Å². The van der Waals surface area contributed by atoms with Crippen LogP contribution >= 0.6 is 0 Å². The number of carbonyl (C=O) groups is 1. The Hall–Kier alpha value is -2.36. The van der Waals surface area contributed by atoms with Crippen LogP contribution in [0.2, 0.25) is 0 Å². The largest absolute Gasteiger partial charge is 0.507 e.